The molecule has 0 atom stereocenters. The quantitative estimate of drug-likeness (QED) is 0.611. The molecule has 1 aliphatic carbocycles. The first-order valence-electron chi connectivity index (χ1n) is 5.95. The highest BCUT2D eigenvalue weighted by Gasteiger charge is 2.45. The summed E-state index contributed by atoms with van der Waals surface area (Å²) < 4.78 is 5.21. The van der Waals surface area contributed by atoms with Crippen LogP contribution in [0.1, 0.15) is 47.2 Å². The molecule has 0 N–H and O–H groups in total. The lowest BCUT2D eigenvalue weighted by atomic mass is 9.84. The number of ether oxygens (including phenoxy) is 1. The van der Waals surface area contributed by atoms with Crippen LogP contribution in [0.25, 0.3) is 0 Å². The normalized spacial score (nSPS) is 17.9. The summed E-state index contributed by atoms with van der Waals surface area (Å²) in [6, 6.07) is 3.68. The maximum atomic E-state index is 12.2. The van der Waals surface area contributed by atoms with Crippen molar-refractivity contribution in [3.63, 3.8) is 0 Å². The Kier molecular flexibility index (Phi) is 3.62. The lowest BCUT2D eigenvalue weighted by Gasteiger charge is -2.25. The van der Waals surface area contributed by atoms with Crippen LogP contribution >= 0.6 is 11.3 Å². The zero-order chi connectivity index (χ0) is 12.3. The van der Waals surface area contributed by atoms with E-state index in [4.69, 9.17) is 4.74 Å². The lowest BCUT2D eigenvalue weighted by Crippen LogP contribution is -2.33. The van der Waals surface area contributed by atoms with Gasteiger partial charge in [0.25, 0.3) is 0 Å². The average molecular weight is 252 g/mol. The molecule has 1 aromatic rings. The Balaban J connectivity index is 2.33. The van der Waals surface area contributed by atoms with Crippen molar-refractivity contribution in [2.45, 2.75) is 38.0 Å². The van der Waals surface area contributed by atoms with Gasteiger partial charge in [-0.2, -0.15) is 0 Å². The van der Waals surface area contributed by atoms with Crippen LogP contribution in [0.2, 0.25) is 0 Å². The van der Waals surface area contributed by atoms with E-state index in [0.29, 0.717) is 11.5 Å². The summed E-state index contributed by atoms with van der Waals surface area (Å²) in [4.78, 5) is 24.5. The Bertz CT molecular complexity index is 416. The zero-order valence-electron chi connectivity index (χ0n) is 9.90. The summed E-state index contributed by atoms with van der Waals surface area (Å²) in [5.41, 5.74) is -0.484. The van der Waals surface area contributed by atoms with Gasteiger partial charge in [0.2, 0.25) is 0 Å². The molecule has 0 aliphatic heterocycles. The molecule has 0 radical (unpaired) electrons. The van der Waals surface area contributed by atoms with E-state index in [9.17, 15) is 9.59 Å². The molecule has 0 amide bonds. The second-order valence-corrected chi connectivity index (χ2v) is 5.44. The van der Waals surface area contributed by atoms with Gasteiger partial charge in [0.1, 0.15) is 5.41 Å². The summed E-state index contributed by atoms with van der Waals surface area (Å²) >= 11 is 1.41. The molecule has 2 rings (SSSR count). The van der Waals surface area contributed by atoms with Gasteiger partial charge >= 0.3 is 5.97 Å². The molecule has 17 heavy (non-hydrogen) atoms. The van der Waals surface area contributed by atoms with Crippen molar-refractivity contribution < 1.29 is 14.3 Å². The largest absolute Gasteiger partial charge is 0.465 e. The Morgan fingerprint density at radius 3 is 2.71 bits per heavy atom. The molecule has 4 heteroatoms. The van der Waals surface area contributed by atoms with Crippen LogP contribution in [0.3, 0.4) is 0 Å². The molecule has 0 bridgehead atoms. The molecular weight excluding hydrogens is 236 g/mol. The number of carbonyl (C=O) groups is 2. The van der Waals surface area contributed by atoms with Gasteiger partial charge in [-0.05, 0) is 31.9 Å². The third-order valence-corrected chi connectivity index (χ3v) is 4.55. The SMILES string of the molecule is CCOC(=O)C1(c2ccc(C=O)s2)CCCC1. The van der Waals surface area contributed by atoms with Gasteiger partial charge in [-0.25, -0.2) is 0 Å². The van der Waals surface area contributed by atoms with Gasteiger partial charge in [0, 0.05) is 4.88 Å². The van der Waals surface area contributed by atoms with Crippen LogP contribution in [0.15, 0.2) is 12.1 Å². The summed E-state index contributed by atoms with van der Waals surface area (Å²) in [5, 5.41) is 0. The third kappa shape index (κ3) is 2.14. The Labute approximate surface area is 105 Å². The Morgan fingerprint density at radius 2 is 2.18 bits per heavy atom. The zero-order valence-corrected chi connectivity index (χ0v) is 10.7. The van der Waals surface area contributed by atoms with Gasteiger partial charge in [0.15, 0.2) is 6.29 Å². The molecule has 92 valence electrons. The molecule has 1 fully saturated rings. The predicted octanol–water partition coefficient (Wildman–Crippen LogP) is 2.94. The highest BCUT2D eigenvalue weighted by atomic mass is 32.1. The Hall–Kier alpha value is -1.16. The minimum absolute atomic E-state index is 0.128. The fourth-order valence-corrected chi connectivity index (χ4v) is 3.53. The van der Waals surface area contributed by atoms with E-state index < -0.39 is 5.41 Å². The van der Waals surface area contributed by atoms with Gasteiger partial charge in [-0.1, -0.05) is 12.8 Å². The van der Waals surface area contributed by atoms with Crippen molar-refractivity contribution in [1.29, 1.82) is 0 Å². The minimum atomic E-state index is -0.484. The van der Waals surface area contributed by atoms with Crippen LogP contribution in [-0.4, -0.2) is 18.9 Å². The standard InChI is InChI=1S/C13H16O3S/c1-2-16-12(15)13(7-3-4-8-13)11-6-5-10(9-14)17-11/h5-6,9H,2-4,7-8H2,1H3. The van der Waals surface area contributed by atoms with E-state index >= 15 is 0 Å². The molecule has 0 unspecified atom stereocenters. The first-order valence-corrected chi connectivity index (χ1v) is 6.77. The first-order chi connectivity index (χ1) is 8.23. The third-order valence-electron chi connectivity index (χ3n) is 3.34. The van der Waals surface area contributed by atoms with E-state index in [1.54, 1.807) is 6.07 Å². The lowest BCUT2D eigenvalue weighted by molar-refractivity contribution is -0.149. The molecule has 0 spiro atoms. The number of aldehydes is 1. The smallest absolute Gasteiger partial charge is 0.317 e. The summed E-state index contributed by atoms with van der Waals surface area (Å²) in [5.74, 6) is -0.128. The molecule has 1 aliphatic rings. The summed E-state index contributed by atoms with van der Waals surface area (Å²) in [7, 11) is 0. The summed E-state index contributed by atoms with van der Waals surface area (Å²) in [6.45, 7) is 2.23. The van der Waals surface area contributed by atoms with Gasteiger partial charge < -0.3 is 4.74 Å². The van der Waals surface area contributed by atoms with E-state index in [2.05, 4.69) is 0 Å². The predicted molar refractivity (Wildman–Crippen MR) is 66.5 cm³/mol. The molecule has 1 saturated carbocycles. The summed E-state index contributed by atoms with van der Waals surface area (Å²) in [6.07, 6.45) is 4.61. The van der Waals surface area contributed by atoms with Crippen LogP contribution in [-0.2, 0) is 14.9 Å². The van der Waals surface area contributed by atoms with E-state index in [0.717, 1.165) is 36.8 Å². The first kappa shape index (κ1) is 12.3. The molecule has 3 nitrogen and oxygen atoms in total. The number of rotatable bonds is 4. The number of hydrogen-bond donors (Lipinski definition) is 0. The maximum Gasteiger partial charge on any atom is 0.317 e. The van der Waals surface area contributed by atoms with E-state index in [-0.39, 0.29) is 5.97 Å². The van der Waals surface area contributed by atoms with E-state index in [1.807, 2.05) is 13.0 Å². The van der Waals surface area contributed by atoms with Crippen LogP contribution in [0, 0.1) is 0 Å². The van der Waals surface area contributed by atoms with Crippen LogP contribution in [0.5, 0.6) is 0 Å². The highest BCUT2D eigenvalue weighted by Crippen LogP contribution is 2.44. The number of carbonyl (C=O) groups excluding carboxylic acids is 2. The molecular formula is C13H16O3S. The van der Waals surface area contributed by atoms with Crippen molar-refractivity contribution in [3.8, 4) is 0 Å². The molecule has 1 aromatic heterocycles. The maximum absolute atomic E-state index is 12.2. The van der Waals surface area contributed by atoms with Gasteiger partial charge in [0.05, 0.1) is 11.5 Å². The number of thiophene rings is 1. The van der Waals surface area contributed by atoms with Gasteiger partial charge in [-0.15, -0.1) is 11.3 Å². The van der Waals surface area contributed by atoms with Crippen molar-refractivity contribution in [3.05, 3.63) is 21.9 Å². The topological polar surface area (TPSA) is 43.4 Å². The van der Waals surface area contributed by atoms with Crippen molar-refractivity contribution in [2.75, 3.05) is 6.61 Å². The Morgan fingerprint density at radius 1 is 1.47 bits per heavy atom. The van der Waals surface area contributed by atoms with Crippen molar-refractivity contribution in [1.82, 2.24) is 0 Å². The number of hydrogen-bond acceptors (Lipinski definition) is 4. The monoisotopic (exact) mass is 252 g/mol. The highest BCUT2D eigenvalue weighted by molar-refractivity contribution is 7.13. The van der Waals surface area contributed by atoms with Gasteiger partial charge in [-0.3, -0.25) is 9.59 Å². The number of esters is 1. The average Bonchev–Trinajstić information content (AvgIpc) is 2.99. The fraction of sp³-hybridized carbons (Fsp3) is 0.538. The van der Waals surface area contributed by atoms with Crippen LogP contribution < -0.4 is 0 Å². The fourth-order valence-electron chi connectivity index (χ4n) is 2.47. The second kappa shape index (κ2) is 5.00. The molecule has 0 saturated heterocycles. The molecule has 1 heterocycles. The second-order valence-electron chi connectivity index (χ2n) is 4.33. The van der Waals surface area contributed by atoms with Crippen molar-refractivity contribution in [2.24, 2.45) is 0 Å². The van der Waals surface area contributed by atoms with Crippen LogP contribution in [0.4, 0.5) is 0 Å². The molecule has 0 aromatic carbocycles. The minimum Gasteiger partial charge on any atom is -0.465 e. The van der Waals surface area contributed by atoms with Crippen molar-refractivity contribution >= 4 is 23.6 Å². The van der Waals surface area contributed by atoms with E-state index in [1.165, 1.54) is 11.3 Å².